The van der Waals surface area contributed by atoms with E-state index in [9.17, 15) is 9.90 Å². The van der Waals surface area contributed by atoms with Crippen LogP contribution in [0.2, 0.25) is 0 Å². The lowest BCUT2D eigenvalue weighted by Gasteiger charge is -2.15. The average molecular weight is 301 g/mol. The van der Waals surface area contributed by atoms with E-state index in [2.05, 4.69) is 10.3 Å². The molecule has 1 unspecified atom stereocenters. The number of aromatic nitrogens is 1. The van der Waals surface area contributed by atoms with Crippen molar-refractivity contribution in [3.63, 3.8) is 0 Å². The summed E-state index contributed by atoms with van der Waals surface area (Å²) in [6.07, 6.45) is 2.21. The van der Waals surface area contributed by atoms with Crippen molar-refractivity contribution in [2.75, 3.05) is 18.5 Å². The van der Waals surface area contributed by atoms with Crippen LogP contribution in [0.1, 0.15) is 15.9 Å². The SMILES string of the molecule is Cc1cccc(OCC(O)CNc2ccncc2C(N)=O)c1. The Labute approximate surface area is 128 Å². The number of primary amides is 1. The van der Waals surface area contributed by atoms with E-state index in [-0.39, 0.29) is 18.7 Å². The van der Waals surface area contributed by atoms with Gasteiger partial charge in [-0.2, -0.15) is 0 Å². The second kappa shape index (κ2) is 7.42. The molecule has 1 aromatic carbocycles. The molecule has 0 saturated heterocycles. The van der Waals surface area contributed by atoms with Gasteiger partial charge < -0.3 is 20.9 Å². The van der Waals surface area contributed by atoms with Crippen molar-refractivity contribution in [2.45, 2.75) is 13.0 Å². The lowest BCUT2D eigenvalue weighted by molar-refractivity contribution is 0.1000. The molecular formula is C16H19N3O3. The molecule has 6 heteroatoms. The Morgan fingerprint density at radius 2 is 2.27 bits per heavy atom. The van der Waals surface area contributed by atoms with Gasteiger partial charge in [-0.1, -0.05) is 12.1 Å². The first-order valence-electron chi connectivity index (χ1n) is 6.91. The number of carbonyl (C=O) groups is 1. The van der Waals surface area contributed by atoms with Gasteiger partial charge >= 0.3 is 0 Å². The summed E-state index contributed by atoms with van der Waals surface area (Å²) < 4.78 is 5.52. The van der Waals surface area contributed by atoms with Crippen molar-refractivity contribution in [2.24, 2.45) is 5.73 Å². The highest BCUT2D eigenvalue weighted by Crippen LogP contribution is 2.14. The van der Waals surface area contributed by atoms with Crippen molar-refractivity contribution in [3.8, 4) is 5.75 Å². The summed E-state index contributed by atoms with van der Waals surface area (Å²) in [4.78, 5) is 15.1. The monoisotopic (exact) mass is 301 g/mol. The molecule has 2 rings (SSSR count). The van der Waals surface area contributed by atoms with Gasteiger partial charge in [0, 0.05) is 18.9 Å². The molecule has 6 nitrogen and oxygen atoms in total. The molecule has 116 valence electrons. The van der Waals surface area contributed by atoms with E-state index in [0.29, 0.717) is 11.4 Å². The number of aliphatic hydroxyl groups is 1. The van der Waals surface area contributed by atoms with Crippen LogP contribution in [0.3, 0.4) is 0 Å². The molecule has 1 aromatic heterocycles. The van der Waals surface area contributed by atoms with Crippen LogP contribution in [-0.2, 0) is 0 Å². The van der Waals surface area contributed by atoms with Crippen molar-refractivity contribution in [3.05, 3.63) is 53.9 Å². The number of nitrogens with two attached hydrogens (primary N) is 1. The number of nitrogens with zero attached hydrogens (tertiary/aromatic N) is 1. The lowest BCUT2D eigenvalue weighted by atomic mass is 10.2. The molecule has 0 fully saturated rings. The summed E-state index contributed by atoms with van der Waals surface area (Å²) >= 11 is 0. The molecule has 0 aliphatic heterocycles. The lowest BCUT2D eigenvalue weighted by Crippen LogP contribution is -2.27. The Bertz CT molecular complexity index is 646. The number of rotatable bonds is 7. The Morgan fingerprint density at radius 3 is 3.00 bits per heavy atom. The molecule has 0 radical (unpaired) electrons. The third-order valence-electron chi connectivity index (χ3n) is 3.05. The van der Waals surface area contributed by atoms with Crippen LogP contribution in [0.15, 0.2) is 42.7 Å². The maximum Gasteiger partial charge on any atom is 0.252 e. The van der Waals surface area contributed by atoms with E-state index in [0.717, 1.165) is 5.56 Å². The molecule has 4 N–H and O–H groups in total. The van der Waals surface area contributed by atoms with Gasteiger partial charge in [-0.3, -0.25) is 9.78 Å². The molecule has 1 heterocycles. The Morgan fingerprint density at radius 1 is 1.45 bits per heavy atom. The largest absolute Gasteiger partial charge is 0.491 e. The highest BCUT2D eigenvalue weighted by Gasteiger charge is 2.10. The smallest absolute Gasteiger partial charge is 0.252 e. The number of ether oxygens (including phenoxy) is 1. The van der Waals surface area contributed by atoms with E-state index >= 15 is 0 Å². The zero-order chi connectivity index (χ0) is 15.9. The Kier molecular flexibility index (Phi) is 5.32. The van der Waals surface area contributed by atoms with Crippen molar-refractivity contribution < 1.29 is 14.6 Å². The number of hydrogen-bond donors (Lipinski definition) is 3. The highest BCUT2D eigenvalue weighted by molar-refractivity contribution is 5.98. The standard InChI is InChI=1S/C16H19N3O3/c1-11-3-2-4-13(7-11)22-10-12(20)8-19-15-5-6-18-9-14(15)16(17)21/h2-7,9,12,20H,8,10H2,1H3,(H2,17,21)(H,18,19). The van der Waals surface area contributed by atoms with Crippen LogP contribution in [0.5, 0.6) is 5.75 Å². The maximum absolute atomic E-state index is 11.3. The molecule has 0 spiro atoms. The van der Waals surface area contributed by atoms with Gasteiger partial charge in [-0.05, 0) is 30.7 Å². The average Bonchev–Trinajstić information content (AvgIpc) is 2.51. The first-order chi connectivity index (χ1) is 10.6. The van der Waals surface area contributed by atoms with Crippen LogP contribution < -0.4 is 15.8 Å². The summed E-state index contributed by atoms with van der Waals surface area (Å²) in [7, 11) is 0. The number of amides is 1. The summed E-state index contributed by atoms with van der Waals surface area (Å²) in [6.45, 7) is 2.35. The van der Waals surface area contributed by atoms with Gasteiger partial charge in [0.25, 0.3) is 5.91 Å². The van der Waals surface area contributed by atoms with Gasteiger partial charge in [0.1, 0.15) is 18.5 Å². The minimum Gasteiger partial charge on any atom is -0.491 e. The summed E-state index contributed by atoms with van der Waals surface area (Å²) in [6, 6.07) is 9.23. The minimum atomic E-state index is -0.727. The van der Waals surface area contributed by atoms with Gasteiger partial charge in [0.15, 0.2) is 0 Å². The normalized spacial score (nSPS) is 11.7. The van der Waals surface area contributed by atoms with E-state index in [4.69, 9.17) is 10.5 Å². The highest BCUT2D eigenvalue weighted by atomic mass is 16.5. The predicted octanol–water partition coefficient (Wildman–Crippen LogP) is 1.34. The summed E-state index contributed by atoms with van der Waals surface area (Å²) in [5.41, 5.74) is 7.18. The molecule has 0 saturated carbocycles. The Hall–Kier alpha value is -2.60. The minimum absolute atomic E-state index is 0.146. The van der Waals surface area contributed by atoms with Crippen molar-refractivity contribution in [1.29, 1.82) is 0 Å². The van der Waals surface area contributed by atoms with E-state index in [1.165, 1.54) is 6.20 Å². The van der Waals surface area contributed by atoms with Crippen LogP contribution in [0.4, 0.5) is 5.69 Å². The van der Waals surface area contributed by atoms with E-state index in [1.54, 1.807) is 12.3 Å². The number of nitrogens with one attached hydrogen (secondary N) is 1. The zero-order valence-corrected chi connectivity index (χ0v) is 12.3. The molecular weight excluding hydrogens is 282 g/mol. The quantitative estimate of drug-likeness (QED) is 0.717. The van der Waals surface area contributed by atoms with Gasteiger partial charge in [0.2, 0.25) is 0 Å². The molecule has 22 heavy (non-hydrogen) atoms. The van der Waals surface area contributed by atoms with Crippen LogP contribution >= 0.6 is 0 Å². The summed E-state index contributed by atoms with van der Waals surface area (Å²) in [5.74, 6) is 0.141. The fourth-order valence-corrected chi connectivity index (χ4v) is 1.93. The van der Waals surface area contributed by atoms with Gasteiger partial charge in [-0.25, -0.2) is 0 Å². The first-order valence-corrected chi connectivity index (χ1v) is 6.91. The molecule has 1 atom stereocenters. The third kappa shape index (κ3) is 4.46. The predicted molar refractivity (Wildman–Crippen MR) is 83.9 cm³/mol. The number of pyridine rings is 1. The number of aliphatic hydroxyl groups excluding tert-OH is 1. The number of carbonyl (C=O) groups excluding carboxylic acids is 1. The second-order valence-corrected chi connectivity index (χ2v) is 4.95. The fraction of sp³-hybridized carbons (Fsp3) is 0.250. The summed E-state index contributed by atoms with van der Waals surface area (Å²) in [5, 5.41) is 12.9. The van der Waals surface area contributed by atoms with Crippen LogP contribution in [0.25, 0.3) is 0 Å². The number of benzene rings is 1. The topological polar surface area (TPSA) is 97.5 Å². The molecule has 0 bridgehead atoms. The first kappa shape index (κ1) is 15.8. The maximum atomic E-state index is 11.3. The zero-order valence-electron chi connectivity index (χ0n) is 12.3. The molecule has 0 aliphatic rings. The third-order valence-corrected chi connectivity index (χ3v) is 3.05. The van der Waals surface area contributed by atoms with E-state index in [1.807, 2.05) is 31.2 Å². The molecule has 0 aliphatic carbocycles. The fourth-order valence-electron chi connectivity index (χ4n) is 1.93. The second-order valence-electron chi connectivity index (χ2n) is 4.95. The number of aryl methyl sites for hydroxylation is 1. The van der Waals surface area contributed by atoms with E-state index < -0.39 is 12.0 Å². The Balaban J connectivity index is 1.85. The molecule has 2 aromatic rings. The van der Waals surface area contributed by atoms with Gasteiger partial charge in [-0.15, -0.1) is 0 Å². The van der Waals surface area contributed by atoms with Crippen LogP contribution in [-0.4, -0.2) is 35.3 Å². The van der Waals surface area contributed by atoms with Crippen LogP contribution in [0, 0.1) is 6.92 Å². The van der Waals surface area contributed by atoms with Crippen molar-refractivity contribution >= 4 is 11.6 Å². The van der Waals surface area contributed by atoms with Crippen molar-refractivity contribution in [1.82, 2.24) is 4.98 Å². The van der Waals surface area contributed by atoms with Gasteiger partial charge in [0.05, 0.1) is 11.3 Å². The number of anilines is 1. The molecule has 1 amide bonds. The number of hydrogen-bond acceptors (Lipinski definition) is 5.